The SMILES string of the molecule is c1cc(-c2ccc3c(c2)sc2c4ccccc4c4sc5ccccc5c4c32)cc(-c2c3ccccc3c(-c3ccc4ccccc4c3)c3ccccc23)c1. The van der Waals surface area contributed by atoms with Crippen molar-refractivity contribution in [2.24, 2.45) is 0 Å². The molecule has 0 saturated heterocycles. The Balaban J connectivity index is 1.07. The van der Waals surface area contributed by atoms with Crippen molar-refractivity contribution in [1.29, 1.82) is 0 Å². The molecule has 0 aliphatic carbocycles. The Morgan fingerprint density at radius 3 is 1.39 bits per heavy atom. The van der Waals surface area contributed by atoms with Gasteiger partial charge < -0.3 is 0 Å². The van der Waals surface area contributed by atoms with Crippen LogP contribution in [-0.4, -0.2) is 0 Å². The van der Waals surface area contributed by atoms with Gasteiger partial charge in [0.15, 0.2) is 0 Å². The minimum Gasteiger partial charge on any atom is -0.135 e. The molecule has 0 fully saturated rings. The van der Waals surface area contributed by atoms with Gasteiger partial charge in [-0.15, -0.1) is 22.7 Å². The standard InChI is InChI=1S/C52H30S2/c1-2-13-32-28-36(25-24-31(32)12-1)48-39-18-5-3-16-37(39)47(38-17-4-6-19-40(38)48)35-15-11-14-33(29-35)34-26-27-44-46(30-34)54-52-42-21-8-7-20-41(42)51-49(50(44)52)43-22-9-10-23-45(43)53-51/h1-30H. The Hall–Kier alpha value is -6.32. The van der Waals surface area contributed by atoms with Crippen LogP contribution >= 0.6 is 22.7 Å². The van der Waals surface area contributed by atoms with Gasteiger partial charge >= 0.3 is 0 Å². The Bertz CT molecular complexity index is 3450. The van der Waals surface area contributed by atoms with E-state index < -0.39 is 0 Å². The maximum atomic E-state index is 2.42. The van der Waals surface area contributed by atoms with Gasteiger partial charge in [-0.3, -0.25) is 0 Å². The number of hydrogen-bond donors (Lipinski definition) is 0. The summed E-state index contributed by atoms with van der Waals surface area (Å²) in [4.78, 5) is 0. The molecule has 0 saturated carbocycles. The monoisotopic (exact) mass is 718 g/mol. The van der Waals surface area contributed by atoms with E-state index in [-0.39, 0.29) is 0 Å². The van der Waals surface area contributed by atoms with E-state index in [9.17, 15) is 0 Å². The Kier molecular flexibility index (Phi) is 6.48. The van der Waals surface area contributed by atoms with Crippen LogP contribution in [0.4, 0.5) is 0 Å². The lowest BCUT2D eigenvalue weighted by atomic mass is 9.85. The third-order valence-corrected chi connectivity index (χ3v) is 13.8. The van der Waals surface area contributed by atoms with Crippen molar-refractivity contribution in [2.45, 2.75) is 0 Å². The van der Waals surface area contributed by atoms with Crippen LogP contribution in [0.3, 0.4) is 0 Å². The van der Waals surface area contributed by atoms with E-state index in [1.54, 1.807) is 0 Å². The van der Waals surface area contributed by atoms with Crippen molar-refractivity contribution < 1.29 is 0 Å². The third-order valence-electron chi connectivity index (χ3n) is 11.4. The summed E-state index contributed by atoms with van der Waals surface area (Å²) in [6.07, 6.45) is 0. The summed E-state index contributed by atoms with van der Waals surface area (Å²) in [6.45, 7) is 0. The minimum atomic E-state index is 1.23. The zero-order valence-electron chi connectivity index (χ0n) is 29.1. The van der Waals surface area contributed by atoms with Gasteiger partial charge in [-0.2, -0.15) is 0 Å². The molecule has 0 aliphatic rings. The second-order valence-electron chi connectivity index (χ2n) is 14.3. The van der Waals surface area contributed by atoms with Crippen LogP contribution in [0.2, 0.25) is 0 Å². The molecule has 12 aromatic rings. The fraction of sp³-hybridized carbons (Fsp3) is 0. The largest absolute Gasteiger partial charge is 0.135 e. The van der Waals surface area contributed by atoms with E-state index in [1.165, 1.54) is 117 Å². The highest BCUT2D eigenvalue weighted by atomic mass is 32.1. The fourth-order valence-corrected chi connectivity index (χ4v) is 11.6. The summed E-state index contributed by atoms with van der Waals surface area (Å²) in [5.41, 5.74) is 7.54. The van der Waals surface area contributed by atoms with Crippen molar-refractivity contribution >= 4 is 106 Å². The highest BCUT2D eigenvalue weighted by molar-refractivity contribution is 7.29. The number of fused-ring (bicyclic) bond motifs is 13. The van der Waals surface area contributed by atoms with Crippen LogP contribution < -0.4 is 0 Å². The predicted octanol–water partition coefficient (Wildman–Crippen LogP) is 16.0. The van der Waals surface area contributed by atoms with Crippen molar-refractivity contribution in [2.75, 3.05) is 0 Å². The van der Waals surface area contributed by atoms with Gasteiger partial charge in [-0.25, -0.2) is 0 Å². The zero-order chi connectivity index (χ0) is 35.3. The Morgan fingerprint density at radius 2 is 0.722 bits per heavy atom. The van der Waals surface area contributed by atoms with Crippen molar-refractivity contribution in [3.8, 4) is 33.4 Å². The first-order valence-electron chi connectivity index (χ1n) is 18.5. The van der Waals surface area contributed by atoms with Crippen LogP contribution in [0.25, 0.3) is 117 Å². The molecule has 0 bridgehead atoms. The molecule has 2 aromatic heterocycles. The van der Waals surface area contributed by atoms with E-state index in [0.717, 1.165) is 0 Å². The summed E-state index contributed by atoms with van der Waals surface area (Å²) in [5.74, 6) is 0. The van der Waals surface area contributed by atoms with Gasteiger partial charge in [0.05, 0.1) is 0 Å². The maximum absolute atomic E-state index is 2.42. The van der Waals surface area contributed by atoms with Gasteiger partial charge in [0, 0.05) is 51.1 Å². The molecule has 0 unspecified atom stereocenters. The lowest BCUT2D eigenvalue weighted by Crippen LogP contribution is -1.91. The minimum absolute atomic E-state index is 1.23. The molecule has 2 heterocycles. The average molecular weight is 719 g/mol. The van der Waals surface area contributed by atoms with Gasteiger partial charge in [-0.05, 0) is 90.0 Å². The number of hydrogen-bond acceptors (Lipinski definition) is 2. The molecule has 10 aromatic carbocycles. The van der Waals surface area contributed by atoms with Gasteiger partial charge in [0.1, 0.15) is 0 Å². The van der Waals surface area contributed by atoms with E-state index in [2.05, 4.69) is 182 Å². The summed E-state index contributed by atoms with van der Waals surface area (Å²) >= 11 is 3.86. The molecule has 0 aliphatic heterocycles. The van der Waals surface area contributed by atoms with Crippen LogP contribution in [0.15, 0.2) is 182 Å². The summed E-state index contributed by atoms with van der Waals surface area (Å²) in [5, 5.41) is 15.8. The Morgan fingerprint density at radius 1 is 0.259 bits per heavy atom. The first-order chi connectivity index (χ1) is 26.8. The third kappa shape index (κ3) is 4.36. The molecule has 0 radical (unpaired) electrons. The van der Waals surface area contributed by atoms with E-state index >= 15 is 0 Å². The Labute approximate surface area is 319 Å². The maximum Gasteiger partial charge on any atom is 0.0441 e. The molecule has 0 nitrogen and oxygen atoms in total. The van der Waals surface area contributed by atoms with Gasteiger partial charge in [-0.1, -0.05) is 158 Å². The lowest BCUT2D eigenvalue weighted by molar-refractivity contribution is 1.63. The first-order valence-corrected chi connectivity index (χ1v) is 20.1. The lowest BCUT2D eigenvalue weighted by Gasteiger charge is -2.18. The first kappa shape index (κ1) is 30.2. The van der Waals surface area contributed by atoms with Gasteiger partial charge in [0.25, 0.3) is 0 Å². The van der Waals surface area contributed by atoms with Crippen molar-refractivity contribution in [1.82, 2.24) is 0 Å². The molecule has 0 spiro atoms. The van der Waals surface area contributed by atoms with Crippen LogP contribution in [-0.2, 0) is 0 Å². The van der Waals surface area contributed by atoms with Gasteiger partial charge in [0.2, 0.25) is 0 Å². The van der Waals surface area contributed by atoms with E-state index in [0.29, 0.717) is 0 Å². The molecular formula is C52H30S2. The highest BCUT2D eigenvalue weighted by Gasteiger charge is 2.20. The predicted molar refractivity (Wildman–Crippen MR) is 239 cm³/mol. The molecule has 0 N–H and O–H groups in total. The molecule has 0 amide bonds. The summed E-state index contributed by atoms with van der Waals surface area (Å²) < 4.78 is 5.45. The molecule has 54 heavy (non-hydrogen) atoms. The normalized spacial score (nSPS) is 12.1. The topological polar surface area (TPSA) is 0 Å². The molecule has 0 atom stereocenters. The average Bonchev–Trinajstić information content (AvgIpc) is 3.81. The second kappa shape index (κ2) is 11.6. The van der Waals surface area contributed by atoms with E-state index in [1.807, 2.05) is 22.7 Å². The highest BCUT2D eigenvalue weighted by Crippen LogP contribution is 2.50. The number of rotatable bonds is 3. The molecule has 2 heteroatoms. The van der Waals surface area contributed by atoms with Crippen LogP contribution in [0.1, 0.15) is 0 Å². The number of thiophene rings is 2. The van der Waals surface area contributed by atoms with Crippen LogP contribution in [0.5, 0.6) is 0 Å². The number of benzene rings is 10. The smallest absolute Gasteiger partial charge is 0.0441 e. The quantitative estimate of drug-likeness (QED) is 0.160. The fourth-order valence-electron chi connectivity index (χ4n) is 9.03. The van der Waals surface area contributed by atoms with E-state index in [4.69, 9.17) is 0 Å². The summed E-state index contributed by atoms with van der Waals surface area (Å²) in [6, 6.07) is 67.7. The van der Waals surface area contributed by atoms with Crippen LogP contribution in [0, 0.1) is 0 Å². The molecule has 12 rings (SSSR count). The summed E-state index contributed by atoms with van der Waals surface area (Å²) in [7, 11) is 0. The second-order valence-corrected chi connectivity index (χ2v) is 16.5. The van der Waals surface area contributed by atoms with Crippen molar-refractivity contribution in [3.63, 3.8) is 0 Å². The van der Waals surface area contributed by atoms with Crippen molar-refractivity contribution in [3.05, 3.63) is 182 Å². The molecule has 250 valence electrons. The zero-order valence-corrected chi connectivity index (χ0v) is 30.8. The molecular weight excluding hydrogens is 689 g/mol.